The summed E-state index contributed by atoms with van der Waals surface area (Å²) < 4.78 is 0.880. The Hall–Kier alpha value is -0.250. The van der Waals surface area contributed by atoms with Crippen LogP contribution in [0.5, 0.6) is 5.75 Å². The number of hydrogen-bond donors (Lipinski definition) is 2. The number of phenolic OH excluding ortho intramolecular Hbond substituents is 1. The van der Waals surface area contributed by atoms with Gasteiger partial charge in [-0.1, -0.05) is 28.9 Å². The summed E-state index contributed by atoms with van der Waals surface area (Å²) in [6, 6.07) is 3.68. The molecule has 0 heterocycles. The van der Waals surface area contributed by atoms with E-state index in [1.165, 1.54) is 0 Å². The van der Waals surface area contributed by atoms with Crippen molar-refractivity contribution in [2.24, 2.45) is 5.73 Å². The van der Waals surface area contributed by atoms with E-state index in [0.717, 1.165) is 22.0 Å². The van der Waals surface area contributed by atoms with Crippen molar-refractivity contribution in [2.45, 2.75) is 26.3 Å². The summed E-state index contributed by atoms with van der Waals surface area (Å²) in [7, 11) is 0. The van der Waals surface area contributed by atoms with Gasteiger partial charge in [-0.3, -0.25) is 0 Å². The molecule has 1 aromatic carbocycles. The summed E-state index contributed by atoms with van der Waals surface area (Å²) in [6.07, 6.45) is 0.815. The highest BCUT2D eigenvalue weighted by molar-refractivity contribution is 9.10. The maximum Gasteiger partial charge on any atom is 0.124 e. The van der Waals surface area contributed by atoms with Gasteiger partial charge in [-0.15, -0.1) is 12.4 Å². The lowest BCUT2D eigenvalue weighted by molar-refractivity contribution is 0.455. The van der Waals surface area contributed by atoms with Gasteiger partial charge in [0.2, 0.25) is 0 Å². The van der Waals surface area contributed by atoms with Crippen molar-refractivity contribution in [1.29, 1.82) is 0 Å². The van der Waals surface area contributed by atoms with Crippen LogP contribution in [0.2, 0.25) is 0 Å². The van der Waals surface area contributed by atoms with E-state index in [1.54, 1.807) is 0 Å². The zero-order valence-corrected chi connectivity index (χ0v) is 10.7. The van der Waals surface area contributed by atoms with Crippen LogP contribution in [0.4, 0.5) is 0 Å². The Bertz CT molecular complexity index is 317. The van der Waals surface area contributed by atoms with E-state index in [1.807, 2.05) is 26.0 Å². The third kappa shape index (κ3) is 2.62. The molecule has 0 bridgehead atoms. The molecule has 0 aromatic heterocycles. The van der Waals surface area contributed by atoms with Crippen molar-refractivity contribution in [1.82, 2.24) is 0 Å². The summed E-state index contributed by atoms with van der Waals surface area (Å²) in [5, 5.41) is 9.77. The molecule has 0 saturated carbocycles. The van der Waals surface area contributed by atoms with Crippen molar-refractivity contribution >= 4 is 28.3 Å². The highest BCUT2D eigenvalue weighted by atomic mass is 79.9. The second-order valence-corrected chi connectivity index (χ2v) is 4.00. The smallest absolute Gasteiger partial charge is 0.124 e. The van der Waals surface area contributed by atoms with Gasteiger partial charge in [-0.25, -0.2) is 0 Å². The molecule has 1 rings (SSSR count). The van der Waals surface area contributed by atoms with Crippen molar-refractivity contribution in [2.75, 3.05) is 0 Å². The van der Waals surface area contributed by atoms with Gasteiger partial charge in [0.05, 0.1) is 0 Å². The van der Waals surface area contributed by atoms with E-state index >= 15 is 0 Å². The number of hydrogen-bond acceptors (Lipinski definition) is 2. The number of aryl methyl sites for hydroxylation is 1. The number of benzene rings is 1. The Morgan fingerprint density at radius 1 is 1.50 bits per heavy atom. The number of halogens is 2. The number of nitrogens with two attached hydrogens (primary N) is 1. The van der Waals surface area contributed by atoms with E-state index in [-0.39, 0.29) is 18.4 Å². The van der Waals surface area contributed by atoms with Crippen LogP contribution in [-0.2, 0) is 0 Å². The molecule has 0 aliphatic heterocycles. The fourth-order valence-corrected chi connectivity index (χ4v) is 1.86. The first-order chi connectivity index (χ1) is 6.07. The zero-order valence-electron chi connectivity index (χ0n) is 8.25. The molecule has 3 N–H and O–H groups in total. The Morgan fingerprint density at radius 3 is 2.57 bits per heavy atom. The highest BCUT2D eigenvalue weighted by Crippen LogP contribution is 2.34. The minimum Gasteiger partial charge on any atom is -0.507 e. The predicted molar refractivity (Wildman–Crippen MR) is 65.0 cm³/mol. The molecular weight excluding hydrogens is 265 g/mol. The van der Waals surface area contributed by atoms with Crippen molar-refractivity contribution in [3.05, 3.63) is 27.7 Å². The minimum absolute atomic E-state index is 0. The molecule has 1 aromatic rings. The summed E-state index contributed by atoms with van der Waals surface area (Å²) in [5.74, 6) is 0.309. The number of phenols is 1. The fraction of sp³-hybridized carbons (Fsp3) is 0.400. The van der Waals surface area contributed by atoms with Crippen molar-refractivity contribution < 1.29 is 5.11 Å². The van der Waals surface area contributed by atoms with E-state index in [4.69, 9.17) is 5.73 Å². The SMILES string of the molecule is CC[C@@H](N)c1c(Br)ccc(C)c1O.Cl. The van der Waals surface area contributed by atoms with E-state index in [0.29, 0.717) is 5.75 Å². The van der Waals surface area contributed by atoms with Crippen LogP contribution >= 0.6 is 28.3 Å². The summed E-state index contributed by atoms with van der Waals surface area (Å²) in [4.78, 5) is 0. The summed E-state index contributed by atoms with van der Waals surface area (Å²) in [6.45, 7) is 3.87. The van der Waals surface area contributed by atoms with Crippen LogP contribution in [0.15, 0.2) is 16.6 Å². The van der Waals surface area contributed by atoms with Gasteiger partial charge >= 0.3 is 0 Å². The molecule has 0 spiro atoms. The highest BCUT2D eigenvalue weighted by Gasteiger charge is 2.14. The third-order valence-electron chi connectivity index (χ3n) is 2.18. The zero-order chi connectivity index (χ0) is 10.0. The first kappa shape index (κ1) is 13.8. The maximum atomic E-state index is 9.77. The lowest BCUT2D eigenvalue weighted by Crippen LogP contribution is -2.10. The van der Waals surface area contributed by atoms with Gasteiger partial charge in [0.15, 0.2) is 0 Å². The first-order valence-corrected chi connectivity index (χ1v) is 5.10. The second kappa shape index (κ2) is 5.59. The number of aromatic hydroxyl groups is 1. The topological polar surface area (TPSA) is 46.2 Å². The van der Waals surface area contributed by atoms with Gasteiger partial charge in [0, 0.05) is 16.1 Å². The third-order valence-corrected chi connectivity index (χ3v) is 2.87. The molecule has 0 saturated heterocycles. The molecule has 80 valence electrons. The van der Waals surface area contributed by atoms with Crippen LogP contribution in [-0.4, -0.2) is 5.11 Å². The average Bonchev–Trinajstić information content (AvgIpc) is 2.12. The van der Waals surface area contributed by atoms with Crippen molar-refractivity contribution in [3.8, 4) is 5.75 Å². The van der Waals surface area contributed by atoms with Gasteiger partial charge < -0.3 is 10.8 Å². The lowest BCUT2D eigenvalue weighted by atomic mass is 10.0. The van der Waals surface area contributed by atoms with Crippen LogP contribution in [0, 0.1) is 6.92 Å². The Balaban J connectivity index is 0.00000169. The van der Waals surface area contributed by atoms with Crippen LogP contribution in [0.3, 0.4) is 0 Å². The summed E-state index contributed by atoms with van der Waals surface area (Å²) in [5.41, 5.74) is 7.55. The molecule has 0 radical (unpaired) electrons. The molecule has 4 heteroatoms. The van der Waals surface area contributed by atoms with E-state index in [9.17, 15) is 5.11 Å². The van der Waals surface area contributed by atoms with E-state index < -0.39 is 0 Å². The molecule has 2 nitrogen and oxygen atoms in total. The maximum absolute atomic E-state index is 9.77. The molecule has 0 amide bonds. The number of rotatable bonds is 2. The van der Waals surface area contributed by atoms with E-state index in [2.05, 4.69) is 15.9 Å². The van der Waals surface area contributed by atoms with Gasteiger partial charge in [-0.05, 0) is 25.0 Å². The molecule has 14 heavy (non-hydrogen) atoms. The molecule has 0 unspecified atom stereocenters. The Labute approximate surface area is 99.0 Å². The quantitative estimate of drug-likeness (QED) is 0.873. The minimum atomic E-state index is -0.103. The lowest BCUT2D eigenvalue weighted by Gasteiger charge is -2.14. The molecule has 0 aliphatic rings. The van der Waals surface area contributed by atoms with Gasteiger partial charge in [0.1, 0.15) is 5.75 Å². The summed E-state index contributed by atoms with van der Waals surface area (Å²) >= 11 is 3.38. The second-order valence-electron chi connectivity index (χ2n) is 3.14. The molecular formula is C10H15BrClNO. The first-order valence-electron chi connectivity index (χ1n) is 4.31. The van der Waals surface area contributed by atoms with Gasteiger partial charge in [0.25, 0.3) is 0 Å². The van der Waals surface area contributed by atoms with Crippen LogP contribution in [0.1, 0.15) is 30.5 Å². The van der Waals surface area contributed by atoms with Gasteiger partial charge in [-0.2, -0.15) is 0 Å². The van der Waals surface area contributed by atoms with Crippen LogP contribution < -0.4 is 5.73 Å². The Kier molecular flexibility index (Phi) is 5.49. The Morgan fingerprint density at radius 2 is 2.07 bits per heavy atom. The normalized spacial score (nSPS) is 12.0. The fourth-order valence-electron chi connectivity index (χ4n) is 1.25. The standard InChI is InChI=1S/C10H14BrNO.ClH/c1-3-8(12)9-7(11)5-4-6(2)10(9)13;/h4-5,8,13H,3,12H2,1-2H3;1H/t8-;/m1./s1. The predicted octanol–water partition coefficient (Wildman–Crippen LogP) is 3.29. The largest absolute Gasteiger partial charge is 0.507 e. The molecule has 1 atom stereocenters. The van der Waals surface area contributed by atoms with Crippen molar-refractivity contribution in [3.63, 3.8) is 0 Å². The monoisotopic (exact) mass is 279 g/mol. The molecule has 0 aliphatic carbocycles. The average molecular weight is 281 g/mol. The molecule has 0 fully saturated rings. The van der Waals surface area contributed by atoms with Crippen LogP contribution in [0.25, 0.3) is 0 Å².